The van der Waals surface area contributed by atoms with Gasteiger partial charge < -0.3 is 9.94 Å². The normalized spacial score (nSPS) is 18.6. The third-order valence-corrected chi connectivity index (χ3v) is 2.98. The average molecular weight is 283 g/mol. The molecule has 0 spiro atoms. The second-order valence-corrected chi connectivity index (χ2v) is 5.14. The van der Waals surface area contributed by atoms with Gasteiger partial charge in [-0.1, -0.05) is 19.1 Å². The first-order chi connectivity index (χ1) is 9.35. The van der Waals surface area contributed by atoms with Crippen LogP contribution in [0.5, 0.6) is 0 Å². The molecule has 1 aliphatic heterocycles. The summed E-state index contributed by atoms with van der Waals surface area (Å²) in [5.74, 6) is -1.82. The van der Waals surface area contributed by atoms with Crippen LogP contribution >= 0.6 is 0 Å². The number of rotatable bonds is 7. The summed E-state index contributed by atoms with van der Waals surface area (Å²) in [5, 5.41) is 10.6. The summed E-state index contributed by atoms with van der Waals surface area (Å²) < 4.78 is 0. The third-order valence-electron chi connectivity index (χ3n) is 2.98. The molecule has 2 amide bonds. The van der Waals surface area contributed by atoms with Crippen molar-refractivity contribution in [2.45, 2.75) is 58.0 Å². The van der Waals surface area contributed by atoms with Gasteiger partial charge in [0.1, 0.15) is 0 Å². The molecule has 20 heavy (non-hydrogen) atoms. The molecular weight excluding hydrogens is 262 g/mol. The molecule has 0 aromatic carbocycles. The van der Waals surface area contributed by atoms with Gasteiger partial charge in [-0.15, -0.1) is 5.06 Å². The second-order valence-electron chi connectivity index (χ2n) is 5.14. The van der Waals surface area contributed by atoms with E-state index in [0.29, 0.717) is 17.9 Å². The molecule has 0 aromatic rings. The monoisotopic (exact) mass is 283 g/mol. The third kappa shape index (κ3) is 5.13. The molecule has 112 valence electrons. The zero-order chi connectivity index (χ0) is 15.2. The maximum atomic E-state index is 11.6. The molecule has 1 heterocycles. The van der Waals surface area contributed by atoms with Gasteiger partial charge in [-0.3, -0.25) is 9.59 Å². The van der Waals surface area contributed by atoms with E-state index in [1.165, 1.54) is 6.92 Å². The standard InChI is InChI=1S/C14H21NO5/c1-3-4-5-6-9-14(2,19)10-13(18)20-15-11(16)7-8-12(15)17/h4-5,19H,3,6-10H2,1-2H3/b5-4+/t14-/m1/s1. The van der Waals surface area contributed by atoms with Crippen molar-refractivity contribution < 1.29 is 24.3 Å². The highest BCUT2D eigenvalue weighted by Gasteiger charge is 2.34. The van der Waals surface area contributed by atoms with Gasteiger partial charge in [-0.25, -0.2) is 4.79 Å². The van der Waals surface area contributed by atoms with Crippen molar-refractivity contribution in [3.8, 4) is 0 Å². The lowest BCUT2D eigenvalue weighted by molar-refractivity contribution is -0.200. The Morgan fingerprint density at radius 3 is 2.50 bits per heavy atom. The molecule has 1 N–H and O–H groups in total. The van der Waals surface area contributed by atoms with Gasteiger partial charge in [0.25, 0.3) is 11.8 Å². The maximum absolute atomic E-state index is 11.6. The molecule has 0 radical (unpaired) electrons. The molecule has 0 saturated carbocycles. The zero-order valence-electron chi connectivity index (χ0n) is 11.9. The molecule has 1 rings (SSSR count). The lowest BCUT2D eigenvalue weighted by Gasteiger charge is -2.22. The number of hydrogen-bond donors (Lipinski definition) is 1. The number of hydrogen-bond acceptors (Lipinski definition) is 5. The van der Waals surface area contributed by atoms with Gasteiger partial charge in [-0.2, -0.15) is 0 Å². The van der Waals surface area contributed by atoms with Gasteiger partial charge in [-0.05, 0) is 26.2 Å². The summed E-state index contributed by atoms with van der Waals surface area (Å²) >= 11 is 0. The highest BCUT2D eigenvalue weighted by Crippen LogP contribution is 2.20. The molecule has 1 fully saturated rings. The van der Waals surface area contributed by atoms with Crippen molar-refractivity contribution >= 4 is 17.8 Å². The van der Waals surface area contributed by atoms with Crippen LogP contribution in [0.2, 0.25) is 0 Å². The first-order valence-corrected chi connectivity index (χ1v) is 6.79. The summed E-state index contributed by atoms with van der Waals surface area (Å²) in [6.45, 7) is 3.54. The summed E-state index contributed by atoms with van der Waals surface area (Å²) in [6.07, 6.45) is 5.75. The largest absolute Gasteiger partial charge is 0.390 e. The fraction of sp³-hybridized carbons (Fsp3) is 0.643. The van der Waals surface area contributed by atoms with E-state index in [4.69, 9.17) is 4.84 Å². The SMILES string of the molecule is CC/C=C/CC[C@@](C)(O)CC(=O)ON1C(=O)CCC1=O. The van der Waals surface area contributed by atoms with Gasteiger partial charge in [0, 0.05) is 12.8 Å². The minimum atomic E-state index is -1.22. The Balaban J connectivity index is 2.42. The molecule has 0 unspecified atom stereocenters. The smallest absolute Gasteiger partial charge is 0.336 e. The Morgan fingerprint density at radius 1 is 1.35 bits per heavy atom. The van der Waals surface area contributed by atoms with Gasteiger partial charge in [0.2, 0.25) is 0 Å². The van der Waals surface area contributed by atoms with Gasteiger partial charge >= 0.3 is 5.97 Å². The number of nitrogens with zero attached hydrogens (tertiary/aromatic N) is 1. The van der Waals surface area contributed by atoms with Crippen molar-refractivity contribution in [3.05, 3.63) is 12.2 Å². The first kappa shape index (κ1) is 16.4. The van der Waals surface area contributed by atoms with Crippen molar-refractivity contribution in [3.63, 3.8) is 0 Å². The highest BCUT2D eigenvalue weighted by molar-refractivity contribution is 6.01. The lowest BCUT2D eigenvalue weighted by Crippen LogP contribution is -2.36. The maximum Gasteiger partial charge on any atom is 0.336 e. The quantitative estimate of drug-likeness (QED) is 0.565. The number of carbonyl (C=O) groups is 3. The summed E-state index contributed by atoms with van der Waals surface area (Å²) in [7, 11) is 0. The average Bonchev–Trinajstić information content (AvgIpc) is 2.66. The molecule has 6 nitrogen and oxygen atoms in total. The minimum Gasteiger partial charge on any atom is -0.390 e. The summed E-state index contributed by atoms with van der Waals surface area (Å²) in [6, 6.07) is 0. The topological polar surface area (TPSA) is 83.9 Å². The Bertz CT molecular complexity index is 398. The Labute approximate surface area is 118 Å². The fourth-order valence-corrected chi connectivity index (χ4v) is 1.87. The number of aliphatic hydroxyl groups is 1. The number of allylic oxidation sites excluding steroid dienone is 2. The van der Waals surface area contributed by atoms with Crippen molar-refractivity contribution in [1.29, 1.82) is 0 Å². The van der Waals surface area contributed by atoms with E-state index in [1.54, 1.807) is 0 Å². The molecule has 0 bridgehead atoms. The van der Waals surface area contributed by atoms with Crippen LogP contribution in [-0.4, -0.2) is 33.6 Å². The van der Waals surface area contributed by atoms with Crippen LogP contribution < -0.4 is 0 Å². The molecule has 1 aliphatic rings. The minimum absolute atomic E-state index is 0.0598. The van der Waals surface area contributed by atoms with E-state index < -0.39 is 23.4 Å². The summed E-state index contributed by atoms with van der Waals surface area (Å²) in [4.78, 5) is 38.9. The van der Waals surface area contributed by atoms with Crippen LogP contribution in [0.3, 0.4) is 0 Å². The van der Waals surface area contributed by atoms with Crippen molar-refractivity contribution in [1.82, 2.24) is 5.06 Å². The van der Waals surface area contributed by atoms with Crippen LogP contribution in [0.4, 0.5) is 0 Å². The van der Waals surface area contributed by atoms with E-state index in [2.05, 4.69) is 0 Å². The van der Waals surface area contributed by atoms with Crippen LogP contribution in [-0.2, 0) is 19.2 Å². The van der Waals surface area contributed by atoms with Crippen LogP contribution in [0.25, 0.3) is 0 Å². The van der Waals surface area contributed by atoms with E-state index in [1.807, 2.05) is 19.1 Å². The first-order valence-electron chi connectivity index (χ1n) is 6.79. The Kier molecular flexibility index (Phi) is 5.88. The lowest BCUT2D eigenvalue weighted by atomic mass is 9.96. The Morgan fingerprint density at radius 2 is 1.95 bits per heavy atom. The molecular formula is C14H21NO5. The number of amides is 2. The van der Waals surface area contributed by atoms with Crippen LogP contribution in [0.1, 0.15) is 52.4 Å². The second kappa shape index (κ2) is 7.19. The molecule has 0 aromatic heterocycles. The van der Waals surface area contributed by atoms with Crippen molar-refractivity contribution in [2.24, 2.45) is 0 Å². The zero-order valence-corrected chi connectivity index (χ0v) is 11.9. The highest BCUT2D eigenvalue weighted by atomic mass is 16.7. The van der Waals surface area contributed by atoms with E-state index in [0.717, 1.165) is 6.42 Å². The van der Waals surface area contributed by atoms with E-state index in [9.17, 15) is 19.5 Å². The molecule has 1 saturated heterocycles. The Hall–Kier alpha value is -1.69. The van der Waals surface area contributed by atoms with Gasteiger partial charge in [0.05, 0.1) is 12.0 Å². The molecule has 6 heteroatoms. The summed E-state index contributed by atoms with van der Waals surface area (Å²) in [5.41, 5.74) is -1.22. The van der Waals surface area contributed by atoms with Crippen molar-refractivity contribution in [2.75, 3.05) is 0 Å². The van der Waals surface area contributed by atoms with Crippen LogP contribution in [0.15, 0.2) is 12.2 Å². The van der Waals surface area contributed by atoms with E-state index in [-0.39, 0.29) is 19.3 Å². The van der Waals surface area contributed by atoms with E-state index >= 15 is 0 Å². The number of hydroxylamine groups is 2. The predicted octanol–water partition coefficient (Wildman–Crippen LogP) is 1.48. The fourth-order valence-electron chi connectivity index (χ4n) is 1.87. The predicted molar refractivity (Wildman–Crippen MR) is 71.1 cm³/mol. The van der Waals surface area contributed by atoms with Gasteiger partial charge in [0.15, 0.2) is 0 Å². The number of imide groups is 1. The number of carbonyl (C=O) groups excluding carboxylic acids is 3. The molecule has 1 atom stereocenters. The van der Waals surface area contributed by atoms with Crippen LogP contribution in [0, 0.1) is 0 Å². The molecule has 0 aliphatic carbocycles.